The van der Waals surface area contributed by atoms with Gasteiger partial charge in [0.1, 0.15) is 5.69 Å². The van der Waals surface area contributed by atoms with Gasteiger partial charge >= 0.3 is 5.97 Å². The molecule has 2 heterocycles. The lowest BCUT2D eigenvalue weighted by atomic mass is 10.4. The van der Waals surface area contributed by atoms with E-state index in [-0.39, 0.29) is 5.97 Å². The zero-order valence-corrected chi connectivity index (χ0v) is 11.5. The molecule has 0 fully saturated rings. The number of anilines is 1. The highest BCUT2D eigenvalue weighted by molar-refractivity contribution is 9.11. The van der Waals surface area contributed by atoms with Gasteiger partial charge in [-0.25, -0.2) is 4.79 Å². The van der Waals surface area contributed by atoms with E-state index in [0.717, 1.165) is 8.66 Å². The second-order valence-electron chi connectivity index (χ2n) is 3.48. The second-order valence-corrected chi connectivity index (χ2v) is 6.03. The minimum atomic E-state index is -0.377. The molecule has 17 heavy (non-hydrogen) atoms. The van der Waals surface area contributed by atoms with Crippen molar-refractivity contribution < 1.29 is 9.53 Å². The topological polar surface area (TPSA) is 57.2 Å². The molecule has 2 aromatic rings. The summed E-state index contributed by atoms with van der Waals surface area (Å²) in [4.78, 5) is 12.7. The first-order valence-corrected chi connectivity index (χ1v) is 6.49. The van der Waals surface area contributed by atoms with Gasteiger partial charge in [-0.15, -0.1) is 11.3 Å². The Kier molecular flexibility index (Phi) is 3.54. The third kappa shape index (κ3) is 2.70. The number of methoxy groups -OCH3 is 1. The molecular weight excluding hydrogens is 304 g/mol. The number of hydrogen-bond donors (Lipinski definition) is 1. The van der Waals surface area contributed by atoms with Gasteiger partial charge in [0.15, 0.2) is 0 Å². The van der Waals surface area contributed by atoms with Gasteiger partial charge in [0.05, 0.1) is 23.1 Å². The number of aromatic nitrogens is 1. The molecule has 90 valence electrons. The van der Waals surface area contributed by atoms with E-state index in [1.165, 1.54) is 7.11 Å². The van der Waals surface area contributed by atoms with E-state index in [9.17, 15) is 4.79 Å². The summed E-state index contributed by atoms with van der Waals surface area (Å²) < 4.78 is 7.57. The first-order chi connectivity index (χ1) is 8.10. The second kappa shape index (κ2) is 4.93. The normalized spacial score (nSPS) is 10.5. The van der Waals surface area contributed by atoms with Crippen LogP contribution in [0.3, 0.4) is 0 Å². The van der Waals surface area contributed by atoms with E-state index in [1.807, 2.05) is 12.1 Å². The van der Waals surface area contributed by atoms with Gasteiger partial charge in [0, 0.05) is 11.1 Å². The number of carbonyl (C=O) groups excluding carboxylic acids is 1. The SMILES string of the molecule is COC(=O)c1cc(N)cn1Cc1ccc(Br)s1. The predicted molar refractivity (Wildman–Crippen MR) is 71.3 cm³/mol. The number of hydrogen-bond acceptors (Lipinski definition) is 4. The van der Waals surface area contributed by atoms with Gasteiger partial charge in [0.25, 0.3) is 0 Å². The molecule has 0 spiro atoms. The van der Waals surface area contributed by atoms with Crippen LogP contribution in [0, 0.1) is 0 Å². The van der Waals surface area contributed by atoms with Gasteiger partial charge in [-0.2, -0.15) is 0 Å². The van der Waals surface area contributed by atoms with E-state index in [1.54, 1.807) is 28.2 Å². The summed E-state index contributed by atoms with van der Waals surface area (Å²) in [7, 11) is 1.36. The van der Waals surface area contributed by atoms with E-state index in [4.69, 9.17) is 10.5 Å². The zero-order chi connectivity index (χ0) is 12.4. The van der Waals surface area contributed by atoms with Gasteiger partial charge in [0.2, 0.25) is 0 Å². The minimum Gasteiger partial charge on any atom is -0.464 e. The summed E-state index contributed by atoms with van der Waals surface area (Å²) in [6.07, 6.45) is 1.74. The summed E-state index contributed by atoms with van der Waals surface area (Å²) in [5.74, 6) is -0.377. The Bertz CT molecular complexity index is 547. The molecule has 6 heteroatoms. The molecule has 0 aliphatic heterocycles. The summed E-state index contributed by atoms with van der Waals surface area (Å²) in [6.45, 7) is 0.609. The van der Waals surface area contributed by atoms with Crippen LogP contribution in [0.15, 0.2) is 28.2 Å². The summed E-state index contributed by atoms with van der Waals surface area (Å²) in [5, 5.41) is 0. The fraction of sp³-hybridized carbons (Fsp3) is 0.182. The van der Waals surface area contributed by atoms with Crippen LogP contribution in [0.5, 0.6) is 0 Å². The number of thiophene rings is 1. The standard InChI is InChI=1S/C11H11BrN2O2S/c1-16-11(15)9-4-7(13)5-14(9)6-8-2-3-10(12)17-8/h2-5H,6,13H2,1H3. The maximum atomic E-state index is 11.5. The van der Waals surface area contributed by atoms with Crippen LogP contribution >= 0.6 is 27.3 Å². The number of carbonyl (C=O) groups is 1. The lowest BCUT2D eigenvalue weighted by molar-refractivity contribution is 0.0589. The van der Waals surface area contributed by atoms with Crippen LogP contribution in [0.4, 0.5) is 5.69 Å². The Balaban J connectivity index is 2.29. The van der Waals surface area contributed by atoms with Gasteiger partial charge in [-0.05, 0) is 34.1 Å². The molecule has 0 unspecified atom stereocenters. The highest BCUT2D eigenvalue weighted by Crippen LogP contribution is 2.24. The molecular formula is C11H11BrN2O2S. The highest BCUT2D eigenvalue weighted by atomic mass is 79.9. The van der Waals surface area contributed by atoms with Crippen LogP contribution in [-0.2, 0) is 11.3 Å². The van der Waals surface area contributed by atoms with Gasteiger partial charge < -0.3 is 15.0 Å². The molecule has 2 aromatic heterocycles. The number of halogens is 1. The first-order valence-electron chi connectivity index (χ1n) is 4.88. The van der Waals surface area contributed by atoms with Crippen molar-refractivity contribution in [2.24, 2.45) is 0 Å². The number of nitrogens with two attached hydrogens (primary N) is 1. The number of ether oxygens (including phenoxy) is 1. The van der Waals surface area contributed by atoms with Crippen LogP contribution in [0.2, 0.25) is 0 Å². The third-order valence-electron chi connectivity index (χ3n) is 2.27. The fourth-order valence-electron chi connectivity index (χ4n) is 1.54. The maximum absolute atomic E-state index is 11.5. The average molecular weight is 315 g/mol. The molecule has 0 amide bonds. The number of nitrogen functional groups attached to an aromatic ring is 1. The Morgan fingerprint density at radius 2 is 2.35 bits per heavy atom. The smallest absolute Gasteiger partial charge is 0.354 e. The Hall–Kier alpha value is -1.27. The lowest BCUT2D eigenvalue weighted by Gasteiger charge is -2.05. The molecule has 2 rings (SSSR count). The highest BCUT2D eigenvalue weighted by Gasteiger charge is 2.13. The third-order valence-corrected chi connectivity index (χ3v) is 3.88. The van der Waals surface area contributed by atoms with Crippen molar-refractivity contribution in [1.29, 1.82) is 0 Å². The van der Waals surface area contributed by atoms with Crippen molar-refractivity contribution in [3.05, 3.63) is 38.8 Å². The average Bonchev–Trinajstić information content (AvgIpc) is 2.85. The van der Waals surface area contributed by atoms with E-state index < -0.39 is 0 Å². The molecule has 0 atom stereocenters. The maximum Gasteiger partial charge on any atom is 0.354 e. The molecule has 0 aromatic carbocycles. The minimum absolute atomic E-state index is 0.377. The summed E-state index contributed by atoms with van der Waals surface area (Å²) >= 11 is 5.03. The van der Waals surface area contributed by atoms with Crippen molar-refractivity contribution >= 4 is 38.9 Å². The monoisotopic (exact) mass is 314 g/mol. The van der Waals surface area contributed by atoms with Crippen molar-refractivity contribution in [3.63, 3.8) is 0 Å². The molecule has 0 saturated heterocycles. The summed E-state index contributed by atoms with van der Waals surface area (Å²) in [6, 6.07) is 5.60. The quantitative estimate of drug-likeness (QED) is 0.886. The lowest BCUT2D eigenvalue weighted by Crippen LogP contribution is -2.10. The molecule has 0 bridgehead atoms. The van der Waals surface area contributed by atoms with Crippen molar-refractivity contribution in [2.45, 2.75) is 6.54 Å². The number of rotatable bonds is 3. The summed E-state index contributed by atoms with van der Waals surface area (Å²) in [5.41, 5.74) is 6.72. The molecule has 0 aliphatic rings. The first kappa shape index (κ1) is 12.2. The van der Waals surface area contributed by atoms with Crippen LogP contribution in [-0.4, -0.2) is 17.6 Å². The van der Waals surface area contributed by atoms with Crippen LogP contribution < -0.4 is 5.73 Å². The zero-order valence-electron chi connectivity index (χ0n) is 9.14. The molecule has 0 aliphatic carbocycles. The number of nitrogens with zero attached hydrogens (tertiary/aromatic N) is 1. The van der Waals surface area contributed by atoms with E-state index in [0.29, 0.717) is 17.9 Å². The van der Waals surface area contributed by atoms with Crippen molar-refractivity contribution in [1.82, 2.24) is 4.57 Å². The number of esters is 1. The van der Waals surface area contributed by atoms with Gasteiger partial charge in [-0.3, -0.25) is 0 Å². The molecule has 4 nitrogen and oxygen atoms in total. The molecule has 0 radical (unpaired) electrons. The van der Waals surface area contributed by atoms with Crippen LogP contribution in [0.25, 0.3) is 0 Å². The van der Waals surface area contributed by atoms with E-state index >= 15 is 0 Å². The molecule has 0 saturated carbocycles. The van der Waals surface area contributed by atoms with E-state index in [2.05, 4.69) is 15.9 Å². The molecule has 2 N–H and O–H groups in total. The van der Waals surface area contributed by atoms with Crippen molar-refractivity contribution in [3.8, 4) is 0 Å². The predicted octanol–water partition coefficient (Wildman–Crippen LogP) is 2.73. The Morgan fingerprint density at radius 3 is 2.94 bits per heavy atom. The largest absolute Gasteiger partial charge is 0.464 e. The fourth-order valence-corrected chi connectivity index (χ4v) is 3.03. The Morgan fingerprint density at radius 1 is 1.59 bits per heavy atom. The van der Waals surface area contributed by atoms with Gasteiger partial charge in [-0.1, -0.05) is 0 Å². The van der Waals surface area contributed by atoms with Crippen molar-refractivity contribution in [2.75, 3.05) is 12.8 Å². The Labute approximate surface area is 111 Å². The van der Waals surface area contributed by atoms with Crippen LogP contribution in [0.1, 0.15) is 15.4 Å².